The van der Waals surface area contributed by atoms with Crippen LogP contribution in [0.5, 0.6) is 0 Å². The van der Waals surface area contributed by atoms with Crippen molar-refractivity contribution in [2.75, 3.05) is 13.2 Å². The first-order chi connectivity index (χ1) is 7.17. The third-order valence-corrected chi connectivity index (χ3v) is 1.78. The van der Waals surface area contributed by atoms with Crippen molar-refractivity contribution in [3.63, 3.8) is 0 Å². The van der Waals surface area contributed by atoms with Crippen LogP contribution in [0.25, 0.3) is 0 Å². The van der Waals surface area contributed by atoms with Gasteiger partial charge in [-0.15, -0.1) is 0 Å². The minimum atomic E-state index is -0.917. The van der Waals surface area contributed by atoms with Gasteiger partial charge in [-0.25, -0.2) is 0 Å². The highest BCUT2D eigenvalue weighted by Gasteiger charge is 2.27. The monoisotopic (exact) mass is 234 g/mol. The minimum absolute atomic E-state index is 0.196. The number of hydrogen-bond acceptors (Lipinski definition) is 4. The van der Waals surface area contributed by atoms with Gasteiger partial charge in [0.1, 0.15) is 0 Å². The molecule has 0 saturated heterocycles. The lowest BCUT2D eigenvalue weighted by atomic mass is 10.1. The van der Waals surface area contributed by atoms with E-state index < -0.39 is 17.9 Å². The van der Waals surface area contributed by atoms with Gasteiger partial charge in [0.25, 0.3) is 0 Å². The molecule has 0 saturated carbocycles. The summed E-state index contributed by atoms with van der Waals surface area (Å²) in [7, 11) is 0. The molecule has 0 heterocycles. The fourth-order valence-corrected chi connectivity index (χ4v) is 1.06. The average Bonchev–Trinajstić information content (AvgIpc) is 2.19. The number of halogens is 1. The van der Waals surface area contributed by atoms with Crippen molar-refractivity contribution in [3.8, 4) is 0 Å². The van der Waals surface area contributed by atoms with Gasteiger partial charge in [-0.3, -0.25) is 9.59 Å². The number of carbonyl (C=O) groups is 2. The molecule has 0 aromatic rings. The topological polar surface area (TPSA) is 52.6 Å². The Morgan fingerprint density at radius 1 is 1.20 bits per heavy atom. The zero-order valence-corrected chi connectivity index (χ0v) is 9.62. The van der Waals surface area contributed by atoms with E-state index in [1.807, 2.05) is 0 Å². The Morgan fingerprint density at radius 3 is 2.00 bits per heavy atom. The minimum Gasteiger partial charge on any atom is -0.465 e. The van der Waals surface area contributed by atoms with Crippen molar-refractivity contribution in [1.82, 2.24) is 0 Å². The Labute approximate surface area is 94.2 Å². The van der Waals surface area contributed by atoms with Crippen LogP contribution in [0.2, 0.25) is 0 Å². The molecule has 86 valence electrons. The summed E-state index contributed by atoms with van der Waals surface area (Å²) in [5.74, 6) is -2.07. The maximum atomic E-state index is 11.4. The molecule has 0 aliphatic carbocycles. The van der Waals surface area contributed by atoms with E-state index in [1.165, 1.54) is 11.6 Å². The van der Waals surface area contributed by atoms with E-state index >= 15 is 0 Å². The lowest BCUT2D eigenvalue weighted by Gasteiger charge is -2.11. The number of rotatable bonds is 6. The van der Waals surface area contributed by atoms with Crippen LogP contribution in [0.3, 0.4) is 0 Å². The highest BCUT2D eigenvalue weighted by molar-refractivity contribution is 6.25. The van der Waals surface area contributed by atoms with E-state index in [9.17, 15) is 9.59 Å². The standard InChI is InChI=1S/C10H15ClO4/c1-3-14-9(12)8(6-5-7-11)10(13)15-4-2/h5,7-8H,3-4,6H2,1-2H3/b7-5+. The summed E-state index contributed by atoms with van der Waals surface area (Å²) >= 11 is 5.32. The molecular formula is C10H15ClO4. The molecule has 0 rings (SSSR count). The van der Waals surface area contributed by atoms with Gasteiger partial charge in [0, 0.05) is 5.54 Å². The van der Waals surface area contributed by atoms with Gasteiger partial charge in [-0.1, -0.05) is 17.7 Å². The molecule has 0 aliphatic rings. The third kappa shape index (κ3) is 5.42. The van der Waals surface area contributed by atoms with E-state index in [1.54, 1.807) is 13.8 Å². The number of carbonyl (C=O) groups excluding carboxylic acids is 2. The second-order valence-electron chi connectivity index (χ2n) is 2.65. The summed E-state index contributed by atoms with van der Waals surface area (Å²) in [6, 6.07) is 0. The molecule has 0 unspecified atom stereocenters. The van der Waals surface area contributed by atoms with Gasteiger partial charge in [-0.2, -0.15) is 0 Å². The molecule has 5 heteroatoms. The van der Waals surface area contributed by atoms with Crippen LogP contribution in [0.4, 0.5) is 0 Å². The second-order valence-corrected chi connectivity index (χ2v) is 2.91. The Kier molecular flexibility index (Phi) is 7.72. The Balaban J connectivity index is 4.41. The molecule has 0 N–H and O–H groups in total. The van der Waals surface area contributed by atoms with Gasteiger partial charge >= 0.3 is 11.9 Å². The van der Waals surface area contributed by atoms with E-state index in [0.29, 0.717) is 0 Å². The smallest absolute Gasteiger partial charge is 0.320 e. The summed E-state index contributed by atoms with van der Waals surface area (Å²) in [5, 5.41) is 0. The number of hydrogen-bond donors (Lipinski definition) is 0. The first kappa shape index (κ1) is 14.0. The maximum Gasteiger partial charge on any atom is 0.320 e. The zero-order valence-electron chi connectivity index (χ0n) is 8.86. The predicted octanol–water partition coefficient (Wildman–Crippen LogP) is 1.87. The summed E-state index contributed by atoms with van der Waals surface area (Å²) in [4.78, 5) is 22.7. The van der Waals surface area contributed by atoms with Crippen LogP contribution < -0.4 is 0 Å². The molecule has 0 bridgehead atoms. The van der Waals surface area contributed by atoms with Crippen LogP contribution in [0.1, 0.15) is 20.3 Å². The molecule has 0 spiro atoms. The van der Waals surface area contributed by atoms with Crippen LogP contribution in [0.15, 0.2) is 11.6 Å². The Morgan fingerprint density at radius 2 is 1.67 bits per heavy atom. The Hall–Kier alpha value is -1.03. The summed E-state index contributed by atoms with van der Waals surface area (Å²) in [6.07, 6.45) is 1.71. The summed E-state index contributed by atoms with van der Waals surface area (Å²) in [5.41, 5.74) is 1.26. The number of ether oxygens (including phenoxy) is 2. The average molecular weight is 235 g/mol. The Bertz CT molecular complexity index is 220. The molecule has 0 aromatic carbocycles. The van der Waals surface area contributed by atoms with Gasteiger partial charge in [0.2, 0.25) is 0 Å². The molecule has 4 nitrogen and oxygen atoms in total. The van der Waals surface area contributed by atoms with Gasteiger partial charge in [-0.05, 0) is 20.3 Å². The van der Waals surface area contributed by atoms with E-state index in [2.05, 4.69) is 0 Å². The molecule has 15 heavy (non-hydrogen) atoms. The molecule has 0 aromatic heterocycles. The lowest BCUT2D eigenvalue weighted by molar-refractivity contribution is -0.161. The third-order valence-electron chi connectivity index (χ3n) is 1.60. The largest absolute Gasteiger partial charge is 0.465 e. The number of esters is 2. The molecule has 0 fully saturated rings. The predicted molar refractivity (Wildman–Crippen MR) is 56.4 cm³/mol. The number of allylic oxidation sites excluding steroid dienone is 1. The van der Waals surface area contributed by atoms with Crippen LogP contribution in [0, 0.1) is 5.92 Å². The van der Waals surface area contributed by atoms with Crippen LogP contribution >= 0.6 is 11.6 Å². The highest BCUT2D eigenvalue weighted by Crippen LogP contribution is 2.10. The molecule has 0 amide bonds. The van der Waals surface area contributed by atoms with E-state index in [0.717, 1.165) is 0 Å². The summed E-state index contributed by atoms with van der Waals surface area (Å²) < 4.78 is 9.50. The van der Waals surface area contributed by atoms with Crippen molar-refractivity contribution >= 4 is 23.5 Å². The van der Waals surface area contributed by atoms with Gasteiger partial charge in [0.05, 0.1) is 13.2 Å². The molecule has 0 aliphatic heterocycles. The summed E-state index contributed by atoms with van der Waals surface area (Å²) in [6.45, 7) is 3.83. The van der Waals surface area contributed by atoms with Crippen molar-refractivity contribution in [3.05, 3.63) is 11.6 Å². The zero-order chi connectivity index (χ0) is 11.7. The highest BCUT2D eigenvalue weighted by atomic mass is 35.5. The molecular weight excluding hydrogens is 220 g/mol. The molecule has 0 atom stereocenters. The quantitative estimate of drug-likeness (QED) is 0.520. The van der Waals surface area contributed by atoms with Crippen molar-refractivity contribution < 1.29 is 19.1 Å². The second kappa shape index (κ2) is 8.29. The van der Waals surface area contributed by atoms with Gasteiger partial charge in [0.15, 0.2) is 5.92 Å². The van der Waals surface area contributed by atoms with E-state index in [4.69, 9.17) is 21.1 Å². The van der Waals surface area contributed by atoms with E-state index in [-0.39, 0.29) is 19.6 Å². The van der Waals surface area contributed by atoms with Crippen molar-refractivity contribution in [2.24, 2.45) is 5.92 Å². The SMILES string of the molecule is CCOC(=O)C(C/C=C/Cl)C(=O)OCC. The first-order valence-electron chi connectivity index (χ1n) is 4.75. The van der Waals surface area contributed by atoms with Crippen molar-refractivity contribution in [1.29, 1.82) is 0 Å². The van der Waals surface area contributed by atoms with Crippen molar-refractivity contribution in [2.45, 2.75) is 20.3 Å². The lowest BCUT2D eigenvalue weighted by Crippen LogP contribution is -2.27. The molecule has 0 radical (unpaired) electrons. The van der Waals surface area contributed by atoms with Gasteiger partial charge < -0.3 is 9.47 Å². The fraction of sp³-hybridized carbons (Fsp3) is 0.600. The first-order valence-corrected chi connectivity index (χ1v) is 5.19. The fourth-order valence-electron chi connectivity index (χ4n) is 0.962. The van der Waals surface area contributed by atoms with Crippen LogP contribution in [-0.2, 0) is 19.1 Å². The normalized spacial score (nSPS) is 10.7. The maximum absolute atomic E-state index is 11.4. The van der Waals surface area contributed by atoms with Crippen LogP contribution in [-0.4, -0.2) is 25.2 Å².